The molecule has 1 N–H and O–H groups in total. The van der Waals surface area contributed by atoms with Crippen molar-refractivity contribution in [2.45, 2.75) is 58.4 Å². The highest BCUT2D eigenvalue weighted by Gasteiger charge is 2.29. The highest BCUT2D eigenvalue weighted by atomic mass is 16.5. The van der Waals surface area contributed by atoms with Gasteiger partial charge in [-0.2, -0.15) is 5.10 Å². The molecule has 1 saturated heterocycles. The quantitative estimate of drug-likeness (QED) is 0.832. The van der Waals surface area contributed by atoms with E-state index in [1.165, 1.54) is 0 Å². The molecular weight excluding hydrogens is 256 g/mol. The molecule has 1 aliphatic heterocycles. The van der Waals surface area contributed by atoms with E-state index in [1.54, 1.807) is 6.33 Å². The first-order chi connectivity index (χ1) is 9.61. The minimum Gasteiger partial charge on any atom is -0.390 e. The Morgan fingerprint density at radius 3 is 3.00 bits per heavy atom. The molecule has 0 radical (unpaired) electrons. The third kappa shape index (κ3) is 3.77. The van der Waals surface area contributed by atoms with Gasteiger partial charge in [-0.25, -0.2) is 4.98 Å². The summed E-state index contributed by atoms with van der Waals surface area (Å²) in [5.41, 5.74) is 0. The van der Waals surface area contributed by atoms with Crippen LogP contribution in [-0.4, -0.2) is 62.7 Å². The van der Waals surface area contributed by atoms with Crippen molar-refractivity contribution in [1.29, 1.82) is 0 Å². The van der Waals surface area contributed by atoms with E-state index in [-0.39, 0.29) is 6.10 Å². The standard InChI is InChI=1S/C14H26N4O2/c1-4-5-18-14(15-10-16-18)8-12(19)13-9-17(11(2)3)6-7-20-13/h10-13,19H,4-9H2,1-3H3. The number of rotatable bonds is 6. The van der Waals surface area contributed by atoms with Crippen LogP contribution >= 0.6 is 0 Å². The molecule has 1 aliphatic rings. The van der Waals surface area contributed by atoms with Gasteiger partial charge in [-0.15, -0.1) is 0 Å². The van der Waals surface area contributed by atoms with Gasteiger partial charge in [0.2, 0.25) is 0 Å². The average molecular weight is 282 g/mol. The Hall–Kier alpha value is -0.980. The Morgan fingerprint density at radius 1 is 1.50 bits per heavy atom. The summed E-state index contributed by atoms with van der Waals surface area (Å²) in [7, 11) is 0. The van der Waals surface area contributed by atoms with E-state index in [9.17, 15) is 5.11 Å². The molecule has 1 aromatic heterocycles. The van der Waals surface area contributed by atoms with Gasteiger partial charge in [0, 0.05) is 32.1 Å². The van der Waals surface area contributed by atoms with Crippen LogP contribution in [0.15, 0.2) is 6.33 Å². The van der Waals surface area contributed by atoms with Crippen molar-refractivity contribution in [3.05, 3.63) is 12.2 Å². The van der Waals surface area contributed by atoms with Crippen molar-refractivity contribution in [3.63, 3.8) is 0 Å². The summed E-state index contributed by atoms with van der Waals surface area (Å²) < 4.78 is 7.59. The van der Waals surface area contributed by atoms with Gasteiger partial charge in [0.1, 0.15) is 12.2 Å². The lowest BCUT2D eigenvalue weighted by Crippen LogP contribution is -2.50. The van der Waals surface area contributed by atoms with Crippen molar-refractivity contribution < 1.29 is 9.84 Å². The number of aryl methyl sites for hydroxylation is 1. The smallest absolute Gasteiger partial charge is 0.138 e. The maximum atomic E-state index is 10.4. The second-order valence-corrected chi connectivity index (χ2v) is 5.67. The highest BCUT2D eigenvalue weighted by molar-refractivity contribution is 4.91. The van der Waals surface area contributed by atoms with Gasteiger partial charge >= 0.3 is 0 Å². The van der Waals surface area contributed by atoms with E-state index < -0.39 is 6.10 Å². The van der Waals surface area contributed by atoms with Crippen LogP contribution in [0.5, 0.6) is 0 Å². The fourth-order valence-electron chi connectivity index (χ4n) is 2.56. The summed E-state index contributed by atoms with van der Waals surface area (Å²) in [5, 5.41) is 14.6. The Balaban J connectivity index is 1.93. The van der Waals surface area contributed by atoms with Crippen LogP contribution in [0.25, 0.3) is 0 Å². The molecule has 1 fully saturated rings. The molecule has 0 aromatic carbocycles. The van der Waals surface area contributed by atoms with E-state index >= 15 is 0 Å². The summed E-state index contributed by atoms with van der Waals surface area (Å²) in [6.07, 6.45) is 2.39. The molecule has 2 atom stereocenters. The van der Waals surface area contributed by atoms with E-state index in [4.69, 9.17) is 4.74 Å². The van der Waals surface area contributed by atoms with Gasteiger partial charge in [0.25, 0.3) is 0 Å². The summed E-state index contributed by atoms with van der Waals surface area (Å²) in [5.74, 6) is 0.838. The van der Waals surface area contributed by atoms with Crippen molar-refractivity contribution in [1.82, 2.24) is 19.7 Å². The molecule has 2 rings (SSSR count). The van der Waals surface area contributed by atoms with Crippen LogP contribution in [0.2, 0.25) is 0 Å². The van der Waals surface area contributed by atoms with Gasteiger partial charge in [0.05, 0.1) is 18.8 Å². The molecule has 0 amide bonds. The van der Waals surface area contributed by atoms with Crippen LogP contribution in [0.4, 0.5) is 0 Å². The fourth-order valence-corrected chi connectivity index (χ4v) is 2.56. The van der Waals surface area contributed by atoms with E-state index in [0.29, 0.717) is 19.1 Å². The number of morpholine rings is 1. The van der Waals surface area contributed by atoms with E-state index in [1.807, 2.05) is 4.68 Å². The first kappa shape index (κ1) is 15.4. The number of aromatic nitrogens is 3. The van der Waals surface area contributed by atoms with Crippen molar-refractivity contribution >= 4 is 0 Å². The molecule has 1 aromatic rings. The fraction of sp³-hybridized carbons (Fsp3) is 0.857. The lowest BCUT2D eigenvalue weighted by Gasteiger charge is -2.37. The zero-order chi connectivity index (χ0) is 14.5. The van der Waals surface area contributed by atoms with Crippen LogP contribution in [0.3, 0.4) is 0 Å². The monoisotopic (exact) mass is 282 g/mol. The molecule has 0 bridgehead atoms. The number of aliphatic hydroxyl groups excluding tert-OH is 1. The van der Waals surface area contributed by atoms with Crippen molar-refractivity contribution in [3.8, 4) is 0 Å². The van der Waals surface area contributed by atoms with Gasteiger partial charge in [-0.05, 0) is 20.3 Å². The number of hydrogen-bond acceptors (Lipinski definition) is 5. The highest BCUT2D eigenvalue weighted by Crippen LogP contribution is 2.14. The molecule has 20 heavy (non-hydrogen) atoms. The van der Waals surface area contributed by atoms with Gasteiger partial charge < -0.3 is 9.84 Å². The normalized spacial score (nSPS) is 22.4. The van der Waals surface area contributed by atoms with E-state index in [2.05, 4.69) is 35.8 Å². The van der Waals surface area contributed by atoms with Crippen LogP contribution in [0, 0.1) is 0 Å². The minimum atomic E-state index is -0.531. The second kappa shape index (κ2) is 7.15. The molecule has 0 aliphatic carbocycles. The minimum absolute atomic E-state index is 0.141. The summed E-state index contributed by atoms with van der Waals surface area (Å²) >= 11 is 0. The largest absolute Gasteiger partial charge is 0.390 e. The summed E-state index contributed by atoms with van der Waals surface area (Å²) in [6.45, 7) is 9.69. The maximum absolute atomic E-state index is 10.4. The predicted molar refractivity (Wildman–Crippen MR) is 76.5 cm³/mol. The lowest BCUT2D eigenvalue weighted by molar-refractivity contribution is -0.0947. The summed E-state index contributed by atoms with van der Waals surface area (Å²) in [6, 6.07) is 0.484. The SMILES string of the molecule is CCCn1ncnc1CC(O)C1CN(C(C)C)CCO1. The first-order valence-electron chi connectivity index (χ1n) is 7.52. The van der Waals surface area contributed by atoms with Gasteiger partial charge in [-0.1, -0.05) is 6.92 Å². The van der Waals surface area contributed by atoms with Crippen LogP contribution < -0.4 is 0 Å². The summed E-state index contributed by atoms with van der Waals surface area (Å²) in [4.78, 5) is 6.59. The molecule has 114 valence electrons. The first-order valence-corrected chi connectivity index (χ1v) is 7.52. The van der Waals surface area contributed by atoms with Crippen LogP contribution in [-0.2, 0) is 17.7 Å². The average Bonchev–Trinajstić information content (AvgIpc) is 2.86. The van der Waals surface area contributed by atoms with Gasteiger partial charge in [0.15, 0.2) is 0 Å². The third-order valence-corrected chi connectivity index (χ3v) is 3.81. The Kier molecular flexibility index (Phi) is 5.51. The number of ether oxygens (including phenoxy) is 1. The van der Waals surface area contributed by atoms with Crippen molar-refractivity contribution in [2.24, 2.45) is 0 Å². The van der Waals surface area contributed by atoms with Crippen LogP contribution in [0.1, 0.15) is 33.0 Å². The number of hydrogen-bond donors (Lipinski definition) is 1. The van der Waals surface area contributed by atoms with Gasteiger partial charge in [-0.3, -0.25) is 9.58 Å². The molecule has 6 nitrogen and oxygen atoms in total. The molecule has 2 heterocycles. The van der Waals surface area contributed by atoms with Crippen molar-refractivity contribution in [2.75, 3.05) is 19.7 Å². The predicted octanol–water partition coefficient (Wildman–Crippen LogP) is 0.701. The molecule has 0 saturated carbocycles. The molecular formula is C14H26N4O2. The molecule has 0 spiro atoms. The number of aliphatic hydroxyl groups is 1. The zero-order valence-corrected chi connectivity index (χ0v) is 12.7. The third-order valence-electron chi connectivity index (χ3n) is 3.81. The Labute approximate surface area is 120 Å². The van der Waals surface area contributed by atoms with E-state index in [0.717, 1.165) is 31.9 Å². The lowest BCUT2D eigenvalue weighted by atomic mass is 10.1. The Bertz CT molecular complexity index is 408. The second-order valence-electron chi connectivity index (χ2n) is 5.67. The Morgan fingerprint density at radius 2 is 2.30 bits per heavy atom. The molecule has 6 heteroatoms. The zero-order valence-electron chi connectivity index (χ0n) is 12.7. The maximum Gasteiger partial charge on any atom is 0.138 e. The topological polar surface area (TPSA) is 63.4 Å². The number of nitrogens with zero attached hydrogens (tertiary/aromatic N) is 4. The molecule has 2 unspecified atom stereocenters.